The van der Waals surface area contributed by atoms with E-state index in [1.165, 1.54) is 25.3 Å². The molecule has 0 aliphatic carbocycles. The van der Waals surface area contributed by atoms with Crippen LogP contribution < -0.4 is 9.47 Å². The van der Waals surface area contributed by atoms with Crippen molar-refractivity contribution >= 4 is 43.8 Å². The fourth-order valence-electron chi connectivity index (χ4n) is 1.96. The lowest BCUT2D eigenvalue weighted by atomic mass is 10.2. The van der Waals surface area contributed by atoms with Gasteiger partial charge in [0.2, 0.25) is 0 Å². The van der Waals surface area contributed by atoms with Crippen molar-refractivity contribution < 1.29 is 23.8 Å². The first-order valence-electron chi connectivity index (χ1n) is 7.38. The first-order valence-corrected chi connectivity index (χ1v) is 8.96. The lowest BCUT2D eigenvalue weighted by molar-refractivity contribution is 0.0600. The van der Waals surface area contributed by atoms with Gasteiger partial charge in [-0.25, -0.2) is 9.59 Å². The summed E-state index contributed by atoms with van der Waals surface area (Å²) in [6.07, 6.45) is 0.0263. The number of esters is 2. The summed E-state index contributed by atoms with van der Waals surface area (Å²) in [5.74, 6) is -0.0435. The average Bonchev–Trinajstić information content (AvgIpc) is 2.57. The van der Waals surface area contributed by atoms with Crippen LogP contribution in [0.2, 0.25) is 0 Å². The van der Waals surface area contributed by atoms with Crippen LogP contribution in [0.15, 0.2) is 45.3 Å². The number of hydrogen-bond acceptors (Lipinski definition) is 5. The number of rotatable bonds is 5. The largest absolute Gasteiger partial charge is 0.490 e. The van der Waals surface area contributed by atoms with E-state index in [0.29, 0.717) is 31.6 Å². The summed E-state index contributed by atoms with van der Waals surface area (Å²) in [6.45, 7) is 3.84. The van der Waals surface area contributed by atoms with E-state index in [-0.39, 0.29) is 6.10 Å². The molecule has 2 aromatic carbocycles. The van der Waals surface area contributed by atoms with Gasteiger partial charge in [-0.1, -0.05) is 0 Å². The Hall–Kier alpha value is -1.86. The molecule has 5 nitrogen and oxygen atoms in total. The van der Waals surface area contributed by atoms with Crippen molar-refractivity contribution in [3.05, 3.63) is 56.5 Å². The second kappa shape index (κ2) is 8.49. The van der Waals surface area contributed by atoms with E-state index in [4.69, 9.17) is 9.47 Å². The molecule has 0 saturated heterocycles. The van der Waals surface area contributed by atoms with Crippen LogP contribution in [-0.4, -0.2) is 25.2 Å². The molecule has 0 radical (unpaired) electrons. The zero-order valence-electron chi connectivity index (χ0n) is 13.8. The molecule has 0 N–H and O–H groups in total. The van der Waals surface area contributed by atoms with Crippen molar-refractivity contribution in [3.8, 4) is 11.5 Å². The van der Waals surface area contributed by atoms with Gasteiger partial charge in [-0.2, -0.15) is 0 Å². The van der Waals surface area contributed by atoms with Crippen LogP contribution in [0.4, 0.5) is 0 Å². The molecule has 0 bridgehead atoms. The highest BCUT2D eigenvalue weighted by Crippen LogP contribution is 2.30. The summed E-state index contributed by atoms with van der Waals surface area (Å²) in [4.78, 5) is 23.8. The predicted molar refractivity (Wildman–Crippen MR) is 100 cm³/mol. The third-order valence-corrected chi connectivity index (χ3v) is 4.33. The highest BCUT2D eigenvalue weighted by Gasteiger charge is 2.15. The maximum atomic E-state index is 12.3. The monoisotopic (exact) mass is 470 g/mol. The Morgan fingerprint density at radius 3 is 1.88 bits per heavy atom. The summed E-state index contributed by atoms with van der Waals surface area (Å²) in [7, 11) is 1.30. The lowest BCUT2D eigenvalue weighted by Gasteiger charge is -2.12. The van der Waals surface area contributed by atoms with Crippen molar-refractivity contribution in [1.29, 1.82) is 0 Å². The minimum Gasteiger partial charge on any atom is -0.490 e. The molecule has 0 atom stereocenters. The molecule has 0 aliphatic rings. The number of benzene rings is 2. The van der Waals surface area contributed by atoms with E-state index in [0.717, 1.165) is 0 Å². The fourth-order valence-corrected chi connectivity index (χ4v) is 2.90. The molecule has 0 aliphatic heterocycles. The summed E-state index contributed by atoms with van der Waals surface area (Å²) >= 11 is 6.67. The summed E-state index contributed by atoms with van der Waals surface area (Å²) in [6, 6.07) is 9.55. The molecule has 0 unspecified atom stereocenters. The Labute approximate surface area is 162 Å². The fraction of sp³-hybridized carbons (Fsp3) is 0.222. The van der Waals surface area contributed by atoms with Gasteiger partial charge in [0.05, 0.1) is 33.3 Å². The minimum atomic E-state index is -0.525. The van der Waals surface area contributed by atoms with Crippen LogP contribution in [0.25, 0.3) is 0 Å². The van der Waals surface area contributed by atoms with Gasteiger partial charge in [-0.3, -0.25) is 0 Å². The van der Waals surface area contributed by atoms with Crippen molar-refractivity contribution in [2.45, 2.75) is 20.0 Å². The Kier molecular flexibility index (Phi) is 6.61. The molecule has 0 aromatic heterocycles. The third-order valence-electron chi connectivity index (χ3n) is 3.09. The predicted octanol–water partition coefficient (Wildman–Crippen LogP) is 5.00. The van der Waals surface area contributed by atoms with E-state index in [2.05, 4.69) is 36.6 Å². The molecule has 132 valence electrons. The van der Waals surface area contributed by atoms with Crippen molar-refractivity contribution in [3.63, 3.8) is 0 Å². The van der Waals surface area contributed by atoms with Gasteiger partial charge in [0.25, 0.3) is 0 Å². The molecule has 0 heterocycles. The Morgan fingerprint density at radius 2 is 1.40 bits per heavy atom. The Morgan fingerprint density at radius 1 is 0.880 bits per heavy atom. The quantitative estimate of drug-likeness (QED) is 0.453. The Bertz CT molecular complexity index is 802. The third kappa shape index (κ3) is 5.06. The topological polar surface area (TPSA) is 61.8 Å². The zero-order chi connectivity index (χ0) is 18.6. The van der Waals surface area contributed by atoms with Gasteiger partial charge < -0.3 is 14.2 Å². The van der Waals surface area contributed by atoms with Crippen LogP contribution in [0.3, 0.4) is 0 Å². The maximum absolute atomic E-state index is 12.3. The van der Waals surface area contributed by atoms with Gasteiger partial charge in [0.15, 0.2) is 0 Å². The average molecular weight is 472 g/mol. The van der Waals surface area contributed by atoms with Crippen molar-refractivity contribution in [1.82, 2.24) is 0 Å². The van der Waals surface area contributed by atoms with Crippen LogP contribution >= 0.6 is 31.9 Å². The van der Waals surface area contributed by atoms with Gasteiger partial charge in [-0.05, 0) is 82.1 Å². The molecule has 0 amide bonds. The molecule has 0 spiro atoms. The number of halogens is 2. The first kappa shape index (κ1) is 19.5. The minimum absolute atomic E-state index is 0.0263. The maximum Gasteiger partial charge on any atom is 0.343 e. The second-order valence-corrected chi connectivity index (χ2v) is 7.05. The van der Waals surface area contributed by atoms with Crippen LogP contribution in [0.5, 0.6) is 11.5 Å². The second-order valence-electron chi connectivity index (χ2n) is 5.34. The standard InChI is InChI=1S/C18H16Br2O5/c1-10(2)24-15-6-5-12(9-13(15)19)18(22)25-16-7-4-11(8-14(16)20)17(21)23-3/h4-10H,1-3H3. The molecular weight excluding hydrogens is 456 g/mol. The number of carbonyl (C=O) groups is 2. The van der Waals surface area contributed by atoms with Crippen molar-refractivity contribution in [2.75, 3.05) is 7.11 Å². The van der Waals surface area contributed by atoms with Crippen molar-refractivity contribution in [2.24, 2.45) is 0 Å². The van der Waals surface area contributed by atoms with E-state index < -0.39 is 11.9 Å². The van der Waals surface area contributed by atoms with Gasteiger partial charge >= 0.3 is 11.9 Å². The molecule has 2 aromatic rings. The Balaban J connectivity index is 2.17. The smallest absolute Gasteiger partial charge is 0.343 e. The van der Waals surface area contributed by atoms with Gasteiger partial charge in [0.1, 0.15) is 11.5 Å². The highest BCUT2D eigenvalue weighted by molar-refractivity contribution is 9.10. The van der Waals surface area contributed by atoms with Crippen LogP contribution in [0.1, 0.15) is 34.6 Å². The van der Waals surface area contributed by atoms with E-state index in [1.807, 2.05) is 13.8 Å². The van der Waals surface area contributed by atoms with E-state index >= 15 is 0 Å². The van der Waals surface area contributed by atoms with Gasteiger partial charge in [0, 0.05) is 0 Å². The number of carbonyl (C=O) groups excluding carboxylic acids is 2. The molecule has 25 heavy (non-hydrogen) atoms. The highest BCUT2D eigenvalue weighted by atomic mass is 79.9. The van der Waals surface area contributed by atoms with Gasteiger partial charge in [-0.15, -0.1) is 0 Å². The summed E-state index contributed by atoms with van der Waals surface area (Å²) in [5.41, 5.74) is 0.721. The summed E-state index contributed by atoms with van der Waals surface area (Å²) < 4.78 is 16.8. The zero-order valence-corrected chi connectivity index (χ0v) is 17.0. The first-order chi connectivity index (χ1) is 11.8. The molecule has 7 heteroatoms. The molecule has 0 fully saturated rings. The number of ether oxygens (including phenoxy) is 3. The number of hydrogen-bond donors (Lipinski definition) is 0. The van der Waals surface area contributed by atoms with E-state index in [9.17, 15) is 9.59 Å². The van der Waals surface area contributed by atoms with Crippen LogP contribution in [0, 0.1) is 0 Å². The molecule has 2 rings (SSSR count). The van der Waals surface area contributed by atoms with E-state index in [1.54, 1.807) is 18.2 Å². The summed E-state index contributed by atoms with van der Waals surface area (Å²) in [5, 5.41) is 0. The number of methoxy groups -OCH3 is 1. The molecule has 0 saturated carbocycles. The SMILES string of the molecule is COC(=O)c1ccc(OC(=O)c2ccc(OC(C)C)c(Br)c2)c(Br)c1. The molecular formula is C18H16Br2O5. The van der Waals surface area contributed by atoms with Crippen LogP contribution in [-0.2, 0) is 4.74 Å². The normalized spacial score (nSPS) is 10.5. The lowest BCUT2D eigenvalue weighted by Crippen LogP contribution is -2.10.